The lowest BCUT2D eigenvalue weighted by Gasteiger charge is -2.16. The third kappa shape index (κ3) is 6.26. The molecule has 0 atom stereocenters. The van der Waals surface area contributed by atoms with E-state index in [1.54, 1.807) is 0 Å². The van der Waals surface area contributed by atoms with E-state index in [-0.39, 0.29) is 0 Å². The van der Waals surface area contributed by atoms with Crippen LogP contribution in [0.3, 0.4) is 0 Å². The third-order valence-corrected chi connectivity index (χ3v) is 7.89. The van der Waals surface area contributed by atoms with Gasteiger partial charge in [-0.2, -0.15) is 0 Å². The number of benzene rings is 1. The van der Waals surface area contributed by atoms with Gasteiger partial charge in [-0.25, -0.2) is 0 Å². The van der Waals surface area contributed by atoms with E-state index in [9.17, 15) is 0 Å². The van der Waals surface area contributed by atoms with E-state index in [2.05, 4.69) is 19.1 Å². The molecule has 0 saturated carbocycles. The number of halogens is 2. The minimum absolute atomic E-state index is 0.980. The molecule has 0 unspecified atom stereocenters. The molecular weight excluding hydrogens is 279 g/mol. The molecule has 0 bridgehead atoms. The molecule has 1 aromatic rings. The van der Waals surface area contributed by atoms with Crippen LogP contribution in [-0.4, -0.2) is 6.69 Å². The molecule has 1 aromatic carbocycles. The summed E-state index contributed by atoms with van der Waals surface area (Å²) in [5.74, 6) is 0. The summed E-state index contributed by atoms with van der Waals surface area (Å²) in [5, 5.41) is 1.15. The van der Waals surface area contributed by atoms with E-state index < -0.39 is 6.69 Å². The summed E-state index contributed by atoms with van der Waals surface area (Å²) in [7, 11) is 0. The molecule has 0 N–H and O–H groups in total. The molecule has 0 nitrogen and oxygen atoms in total. The van der Waals surface area contributed by atoms with E-state index in [1.165, 1.54) is 44.9 Å². The Bertz CT molecular complexity index is 312. The van der Waals surface area contributed by atoms with Crippen LogP contribution in [-0.2, 0) is 0 Å². The molecule has 0 spiro atoms. The zero-order valence-corrected chi connectivity index (χ0v) is 13.8. The van der Waals surface area contributed by atoms with Crippen molar-refractivity contribution in [2.24, 2.45) is 0 Å². The number of hydrogen-bond donors (Lipinski definition) is 0. The van der Waals surface area contributed by atoms with Crippen molar-refractivity contribution in [2.45, 2.75) is 57.9 Å². The number of hydrogen-bond acceptors (Lipinski definition) is 0. The predicted molar refractivity (Wildman–Crippen MR) is 86.3 cm³/mol. The van der Waals surface area contributed by atoms with Gasteiger partial charge in [0.15, 0.2) is 0 Å². The Morgan fingerprint density at radius 2 is 1.39 bits per heavy atom. The molecule has 0 fully saturated rings. The summed E-state index contributed by atoms with van der Waals surface area (Å²) >= 11 is 13.1. The van der Waals surface area contributed by atoms with Crippen LogP contribution in [0.15, 0.2) is 30.3 Å². The van der Waals surface area contributed by atoms with Crippen molar-refractivity contribution in [1.29, 1.82) is 0 Å². The molecule has 0 aliphatic carbocycles. The fourth-order valence-electron chi connectivity index (χ4n) is 2.13. The lowest BCUT2D eigenvalue weighted by molar-refractivity contribution is 0.601. The molecule has 102 valence electrons. The maximum Gasteiger partial charge on any atom is 0.280 e. The highest BCUT2D eigenvalue weighted by atomic mass is 35.7. The lowest BCUT2D eigenvalue weighted by Crippen LogP contribution is -2.35. The van der Waals surface area contributed by atoms with Crippen molar-refractivity contribution in [1.82, 2.24) is 0 Å². The van der Waals surface area contributed by atoms with E-state index in [4.69, 9.17) is 22.2 Å². The molecule has 3 heteroatoms. The molecule has 0 aliphatic heterocycles. The van der Waals surface area contributed by atoms with Crippen molar-refractivity contribution in [2.75, 3.05) is 0 Å². The van der Waals surface area contributed by atoms with Gasteiger partial charge < -0.3 is 0 Å². The SMILES string of the molecule is CCCCCCCCC[Si](Cl)(Cl)c1ccccc1. The van der Waals surface area contributed by atoms with Crippen molar-refractivity contribution >= 4 is 34.0 Å². The summed E-state index contributed by atoms with van der Waals surface area (Å²) in [6, 6.07) is 11.2. The van der Waals surface area contributed by atoms with Crippen LogP contribution in [0.4, 0.5) is 0 Å². The van der Waals surface area contributed by atoms with Gasteiger partial charge in [-0.15, -0.1) is 22.2 Å². The Hall–Kier alpha value is 0.0169. The maximum atomic E-state index is 6.53. The van der Waals surface area contributed by atoms with Gasteiger partial charge in [0.1, 0.15) is 0 Å². The van der Waals surface area contributed by atoms with Gasteiger partial charge in [0, 0.05) is 0 Å². The van der Waals surface area contributed by atoms with Gasteiger partial charge in [0.2, 0.25) is 0 Å². The fraction of sp³-hybridized carbons (Fsp3) is 0.600. The topological polar surface area (TPSA) is 0 Å². The maximum absolute atomic E-state index is 6.53. The molecular formula is C15H24Cl2Si. The smallest absolute Gasteiger partial charge is 0.140 e. The van der Waals surface area contributed by atoms with Crippen LogP contribution in [0.25, 0.3) is 0 Å². The fourth-order valence-corrected chi connectivity index (χ4v) is 5.35. The van der Waals surface area contributed by atoms with Gasteiger partial charge >= 0.3 is 0 Å². The summed E-state index contributed by atoms with van der Waals surface area (Å²) in [6.45, 7) is 0.0404. The Kier molecular flexibility index (Phi) is 8.04. The molecule has 18 heavy (non-hydrogen) atoms. The standard InChI is InChI=1S/C15H24Cl2Si/c1-2-3-4-5-6-7-11-14-18(16,17)15-12-9-8-10-13-15/h8-10,12-13H,2-7,11,14H2,1H3. The predicted octanol–water partition coefficient (Wildman–Crippen LogP) is 5.56. The van der Waals surface area contributed by atoms with E-state index in [0.29, 0.717) is 0 Å². The zero-order valence-electron chi connectivity index (χ0n) is 11.3. The van der Waals surface area contributed by atoms with Gasteiger partial charge in [-0.1, -0.05) is 82.2 Å². The minimum Gasteiger partial charge on any atom is -0.140 e. The van der Waals surface area contributed by atoms with E-state index in [0.717, 1.165) is 11.2 Å². The summed E-state index contributed by atoms with van der Waals surface area (Å²) in [6.07, 6.45) is 9.18. The van der Waals surface area contributed by atoms with Crippen LogP contribution in [0.1, 0.15) is 51.9 Å². The quantitative estimate of drug-likeness (QED) is 0.318. The Balaban J connectivity index is 2.18. The Morgan fingerprint density at radius 1 is 0.833 bits per heavy atom. The monoisotopic (exact) mass is 302 g/mol. The average molecular weight is 303 g/mol. The largest absolute Gasteiger partial charge is 0.280 e. The number of unbranched alkanes of at least 4 members (excludes halogenated alkanes) is 6. The Morgan fingerprint density at radius 3 is 2.00 bits per heavy atom. The molecule has 0 radical (unpaired) electrons. The minimum atomic E-state index is -2.21. The number of rotatable bonds is 9. The summed E-state index contributed by atoms with van der Waals surface area (Å²) in [4.78, 5) is 0. The summed E-state index contributed by atoms with van der Waals surface area (Å²) < 4.78 is 0. The highest BCUT2D eigenvalue weighted by Gasteiger charge is 2.29. The van der Waals surface area contributed by atoms with Crippen molar-refractivity contribution < 1.29 is 0 Å². The normalized spacial score (nSPS) is 11.7. The van der Waals surface area contributed by atoms with Crippen molar-refractivity contribution in [3.8, 4) is 0 Å². The van der Waals surface area contributed by atoms with Crippen LogP contribution in [0, 0.1) is 0 Å². The van der Waals surface area contributed by atoms with E-state index >= 15 is 0 Å². The first kappa shape index (κ1) is 16.1. The molecule has 0 aromatic heterocycles. The second-order valence-corrected chi connectivity index (χ2v) is 11.9. The average Bonchev–Trinajstić information content (AvgIpc) is 2.39. The highest BCUT2D eigenvalue weighted by Crippen LogP contribution is 2.24. The molecule has 0 aliphatic rings. The van der Waals surface area contributed by atoms with E-state index in [1.807, 2.05) is 18.2 Å². The first-order valence-corrected chi connectivity index (χ1v) is 11.3. The first-order valence-electron chi connectivity index (χ1n) is 7.10. The van der Waals surface area contributed by atoms with Crippen LogP contribution >= 0.6 is 22.2 Å². The van der Waals surface area contributed by atoms with Gasteiger partial charge in [-0.3, -0.25) is 0 Å². The third-order valence-electron chi connectivity index (χ3n) is 3.29. The molecule has 0 amide bonds. The highest BCUT2D eigenvalue weighted by molar-refractivity contribution is 7.50. The lowest BCUT2D eigenvalue weighted by atomic mass is 10.1. The molecule has 0 heterocycles. The molecule has 1 rings (SSSR count). The van der Waals surface area contributed by atoms with Crippen LogP contribution in [0.5, 0.6) is 0 Å². The van der Waals surface area contributed by atoms with Crippen molar-refractivity contribution in [3.63, 3.8) is 0 Å². The van der Waals surface area contributed by atoms with Gasteiger partial charge in [0.25, 0.3) is 6.69 Å². The Labute approximate surface area is 122 Å². The molecule has 0 saturated heterocycles. The first-order chi connectivity index (χ1) is 8.67. The van der Waals surface area contributed by atoms with Gasteiger partial charge in [-0.05, 0) is 11.2 Å². The van der Waals surface area contributed by atoms with Crippen LogP contribution in [0.2, 0.25) is 6.04 Å². The second-order valence-electron chi connectivity index (χ2n) is 4.94. The second kappa shape index (κ2) is 9.01. The van der Waals surface area contributed by atoms with Crippen LogP contribution < -0.4 is 5.19 Å². The van der Waals surface area contributed by atoms with Gasteiger partial charge in [0.05, 0.1) is 0 Å². The van der Waals surface area contributed by atoms with Crippen molar-refractivity contribution in [3.05, 3.63) is 30.3 Å². The summed E-state index contributed by atoms with van der Waals surface area (Å²) in [5.41, 5.74) is 0. The zero-order chi connectivity index (χ0) is 13.3.